The average Bonchev–Trinajstić information content (AvgIpc) is 3.35. The van der Waals surface area contributed by atoms with Gasteiger partial charge >= 0.3 is 23.9 Å². The molecule has 0 bridgehead atoms. The molecule has 0 saturated carbocycles. The lowest BCUT2D eigenvalue weighted by Crippen LogP contribution is -2.51. The number of benzene rings is 1. The van der Waals surface area contributed by atoms with E-state index < -0.39 is 42.4 Å². The highest BCUT2D eigenvalue weighted by atomic mass is 16.4. The zero-order valence-electron chi connectivity index (χ0n) is 45.9. The summed E-state index contributed by atoms with van der Waals surface area (Å²) >= 11 is 0. The minimum Gasteiger partial charge on any atom is -0.481 e. The average molecular weight is 1030 g/mol. The number of rotatable bonds is 27. The normalized spacial score (nSPS) is 14.8. The van der Waals surface area contributed by atoms with E-state index >= 15 is 0 Å². The van der Waals surface area contributed by atoms with Crippen molar-refractivity contribution in [3.05, 3.63) is 35.9 Å². The molecule has 6 amide bonds. The molecule has 0 aliphatic carbocycles. The first-order valence-corrected chi connectivity index (χ1v) is 26.6. The van der Waals surface area contributed by atoms with Crippen molar-refractivity contribution in [1.29, 1.82) is 0 Å². The minimum absolute atomic E-state index is 0.0855. The van der Waals surface area contributed by atoms with Crippen LogP contribution in [0.5, 0.6) is 0 Å². The smallest absolute Gasteiger partial charge is 0.326 e. The molecule has 0 radical (unpaired) electrons. The molecule has 3 rings (SSSR count). The third kappa shape index (κ3) is 34.7. The number of likely N-dealkylation sites (N-methyl/N-ethyl adjacent to an activating group) is 1. The molecular weight excluding hydrogens is 939 g/mol. The third-order valence-corrected chi connectivity index (χ3v) is 12.2. The highest BCUT2D eigenvalue weighted by molar-refractivity contribution is 5.86. The molecule has 20 heteroatoms. The predicted molar refractivity (Wildman–Crippen MR) is 285 cm³/mol. The summed E-state index contributed by atoms with van der Waals surface area (Å²) in [5, 5.41) is 42.6. The molecule has 73 heavy (non-hydrogen) atoms. The number of hydrogen-bond donors (Lipinski definition) is 9. The van der Waals surface area contributed by atoms with Crippen molar-refractivity contribution in [2.24, 2.45) is 23.7 Å². The summed E-state index contributed by atoms with van der Waals surface area (Å²) in [5.74, 6) is -3.38. The van der Waals surface area contributed by atoms with E-state index in [2.05, 4.69) is 90.8 Å². The number of carboxylic acids is 3. The molecule has 0 spiro atoms. The van der Waals surface area contributed by atoms with Gasteiger partial charge in [-0.05, 0) is 83.1 Å². The van der Waals surface area contributed by atoms with Crippen LogP contribution in [-0.4, -0.2) is 168 Å². The molecular formula is C53H95N9O11. The van der Waals surface area contributed by atoms with Crippen LogP contribution in [0.2, 0.25) is 0 Å². The number of amides is 6. The Morgan fingerprint density at radius 1 is 0.589 bits per heavy atom. The number of urea groups is 1. The van der Waals surface area contributed by atoms with Crippen molar-refractivity contribution in [2.45, 2.75) is 158 Å². The maximum Gasteiger partial charge on any atom is 0.326 e. The second-order valence-electron chi connectivity index (χ2n) is 19.8. The van der Waals surface area contributed by atoms with Crippen molar-refractivity contribution in [2.75, 3.05) is 72.0 Å². The first-order chi connectivity index (χ1) is 34.5. The maximum absolute atomic E-state index is 11.8. The Morgan fingerprint density at radius 3 is 1.53 bits per heavy atom. The van der Waals surface area contributed by atoms with Crippen molar-refractivity contribution in [3.8, 4) is 0 Å². The van der Waals surface area contributed by atoms with Gasteiger partial charge < -0.3 is 57.0 Å². The van der Waals surface area contributed by atoms with E-state index in [1.54, 1.807) is 13.8 Å². The zero-order valence-corrected chi connectivity index (χ0v) is 45.9. The van der Waals surface area contributed by atoms with Crippen LogP contribution in [-0.2, 0) is 40.1 Å². The first kappa shape index (κ1) is 67.7. The molecule has 2 heterocycles. The molecule has 9 N–H and O–H groups in total. The molecule has 2 aliphatic rings. The van der Waals surface area contributed by atoms with Gasteiger partial charge in [0.25, 0.3) is 0 Å². The second-order valence-corrected chi connectivity index (χ2v) is 19.8. The third-order valence-electron chi connectivity index (χ3n) is 12.2. The fourth-order valence-corrected chi connectivity index (χ4v) is 7.28. The molecule has 2 atom stereocenters. The number of unbranched alkanes of at least 4 members (excludes halogenated alkanes) is 1. The predicted octanol–water partition coefficient (Wildman–Crippen LogP) is 4.77. The summed E-state index contributed by atoms with van der Waals surface area (Å²) < 4.78 is 0. The quantitative estimate of drug-likeness (QED) is 0.0538. The van der Waals surface area contributed by atoms with Gasteiger partial charge in [-0.15, -0.1) is 0 Å². The molecule has 20 nitrogen and oxygen atoms in total. The van der Waals surface area contributed by atoms with Crippen LogP contribution in [0.25, 0.3) is 0 Å². The van der Waals surface area contributed by atoms with Gasteiger partial charge in [0.2, 0.25) is 23.6 Å². The number of carboxylic acid groups (broad SMARTS) is 3. The largest absolute Gasteiger partial charge is 0.481 e. The topological polar surface area (TPSA) is 279 Å². The summed E-state index contributed by atoms with van der Waals surface area (Å²) in [5.41, 5.74) is 1.37. The summed E-state index contributed by atoms with van der Waals surface area (Å²) in [6.07, 6.45) is 6.36. The lowest BCUT2D eigenvalue weighted by atomic mass is 10.0. The van der Waals surface area contributed by atoms with E-state index in [4.69, 9.17) is 15.3 Å². The van der Waals surface area contributed by atoms with E-state index in [-0.39, 0.29) is 60.1 Å². The van der Waals surface area contributed by atoms with E-state index in [0.717, 1.165) is 71.7 Å². The fourth-order valence-electron chi connectivity index (χ4n) is 7.28. The zero-order chi connectivity index (χ0) is 55.3. The van der Waals surface area contributed by atoms with E-state index in [1.807, 2.05) is 41.5 Å². The fraction of sp³-hybridized carbons (Fsp3) is 0.736. The number of nitrogens with zero attached hydrogens (tertiary/aromatic N) is 3. The molecule has 2 saturated heterocycles. The van der Waals surface area contributed by atoms with Crippen molar-refractivity contribution in [3.63, 3.8) is 0 Å². The van der Waals surface area contributed by atoms with E-state index in [0.29, 0.717) is 25.4 Å². The van der Waals surface area contributed by atoms with Gasteiger partial charge in [-0.2, -0.15) is 0 Å². The molecule has 2 fully saturated rings. The molecule has 418 valence electrons. The van der Waals surface area contributed by atoms with Gasteiger partial charge in [0.1, 0.15) is 12.1 Å². The number of piperidine rings is 2. The van der Waals surface area contributed by atoms with Crippen LogP contribution in [0.1, 0.15) is 139 Å². The first-order valence-electron chi connectivity index (χ1n) is 26.6. The summed E-state index contributed by atoms with van der Waals surface area (Å²) in [6, 6.07) is 7.25. The number of likely N-dealkylation sites (tertiary alicyclic amines) is 2. The minimum atomic E-state index is -1.44. The molecule has 0 unspecified atom stereocenters. The highest BCUT2D eigenvalue weighted by Crippen LogP contribution is 2.14. The lowest BCUT2D eigenvalue weighted by Gasteiger charge is -2.32. The number of aliphatic carboxylic acids is 3. The Labute approximate surface area is 436 Å². The van der Waals surface area contributed by atoms with Crippen LogP contribution >= 0.6 is 0 Å². The van der Waals surface area contributed by atoms with Gasteiger partial charge in [-0.1, -0.05) is 106 Å². The van der Waals surface area contributed by atoms with E-state index in [9.17, 15) is 38.4 Å². The Kier molecular flexibility index (Phi) is 37.2. The Hall–Kier alpha value is -5.34. The van der Waals surface area contributed by atoms with Crippen LogP contribution in [0.3, 0.4) is 0 Å². The van der Waals surface area contributed by atoms with Gasteiger partial charge in [0.15, 0.2) is 0 Å². The van der Waals surface area contributed by atoms with Crippen LogP contribution < -0.4 is 31.9 Å². The SMILES string of the molecule is CC(C)C(=O)NC1CCN(Cc2ccccc2)CC1.CC(C)C(=O)NCCCC[C@H](NC(=O)N[C@@H](CCC(=O)O)C(=O)O)C(=O)O.CC(C)C(=O)NCCN1CCCCC1.CCN(CC)CCNC(=O)C(C)C. The monoisotopic (exact) mass is 1030 g/mol. The molecule has 1 aromatic rings. The van der Waals surface area contributed by atoms with Crippen LogP contribution in [0.4, 0.5) is 4.79 Å². The molecule has 2 aliphatic heterocycles. The van der Waals surface area contributed by atoms with Gasteiger partial charge in [0, 0.05) is 88.5 Å². The van der Waals surface area contributed by atoms with Crippen molar-refractivity contribution in [1.82, 2.24) is 46.6 Å². The summed E-state index contributed by atoms with van der Waals surface area (Å²) in [7, 11) is 0. The van der Waals surface area contributed by atoms with Crippen molar-refractivity contribution >= 4 is 47.6 Å². The van der Waals surface area contributed by atoms with Gasteiger partial charge in [-0.3, -0.25) is 28.9 Å². The van der Waals surface area contributed by atoms with Crippen LogP contribution in [0.15, 0.2) is 30.3 Å². The van der Waals surface area contributed by atoms with E-state index in [1.165, 1.54) is 37.9 Å². The Balaban J connectivity index is 0.000000988. The number of hydrogen-bond acceptors (Lipinski definition) is 11. The number of carbonyl (C=O) groups excluding carboxylic acids is 5. The van der Waals surface area contributed by atoms with Gasteiger partial charge in [0.05, 0.1) is 0 Å². The Bertz CT molecular complexity index is 1730. The highest BCUT2D eigenvalue weighted by Gasteiger charge is 2.25. The standard InChI is InChI=1S/C16H27N3O8.C16H24N2O.C11H22N2O.C10H22N2O/c1-9(2)13(22)17-8-4-3-5-10(14(23)24)18-16(27)19-11(15(25)26)6-7-12(20)21;1-13(2)16(19)17-15-8-10-18(11-9-15)12-14-6-4-3-5-7-14;1-10(2)11(14)12-6-9-13-7-4-3-5-8-13;1-5-12(6-2)8-7-11-10(13)9(3)4/h9-11H,3-8H2,1-2H3,(H,17,22)(H,20,21)(H,23,24)(H,25,26)(H2,18,19,27);3-7,13,15H,8-12H2,1-2H3,(H,17,19);10H,3-9H2,1-2H3,(H,12,14);9H,5-8H2,1-4H3,(H,11,13)/t10-,11-;;;/m0.../s1. The lowest BCUT2D eigenvalue weighted by molar-refractivity contribution is -0.141. The van der Waals surface area contributed by atoms with Gasteiger partial charge in [-0.25, -0.2) is 14.4 Å². The van der Waals surface area contributed by atoms with Crippen LogP contribution in [0, 0.1) is 23.7 Å². The number of carbonyl (C=O) groups is 8. The molecule has 0 aromatic heterocycles. The summed E-state index contributed by atoms with van der Waals surface area (Å²) in [6.45, 7) is 30.9. The maximum atomic E-state index is 11.8. The second kappa shape index (κ2) is 40.1. The Morgan fingerprint density at radius 2 is 1.07 bits per heavy atom. The summed E-state index contributed by atoms with van der Waals surface area (Å²) in [4.78, 5) is 97.2. The number of nitrogens with one attached hydrogen (secondary N) is 6. The molecule has 1 aromatic carbocycles. The van der Waals surface area contributed by atoms with Crippen molar-refractivity contribution < 1.29 is 53.7 Å².